The Morgan fingerprint density at radius 2 is 1.96 bits per heavy atom. The highest BCUT2D eigenvalue weighted by molar-refractivity contribution is 5.86. The van der Waals surface area contributed by atoms with Crippen LogP contribution in [0.4, 0.5) is 0 Å². The average Bonchev–Trinajstić information content (AvgIpc) is 3.09. The zero-order chi connectivity index (χ0) is 18.7. The van der Waals surface area contributed by atoms with Crippen LogP contribution in [0.25, 0.3) is 10.9 Å². The molecule has 1 aromatic carbocycles. The van der Waals surface area contributed by atoms with Gasteiger partial charge < -0.3 is 9.30 Å². The number of morpholine rings is 1. The molecule has 5 heterocycles. The Bertz CT molecular complexity index is 883. The molecule has 2 saturated heterocycles. The zero-order valence-electron chi connectivity index (χ0n) is 17.2. The summed E-state index contributed by atoms with van der Waals surface area (Å²) >= 11 is 0. The van der Waals surface area contributed by atoms with E-state index in [-0.39, 0.29) is 0 Å². The quantitative estimate of drug-likeness (QED) is 0.804. The van der Waals surface area contributed by atoms with Crippen molar-refractivity contribution in [1.29, 1.82) is 0 Å². The highest BCUT2D eigenvalue weighted by atomic mass is 16.5. The molecule has 4 aliphatic rings. The van der Waals surface area contributed by atoms with Gasteiger partial charge in [0.15, 0.2) is 0 Å². The molecule has 3 atom stereocenters. The predicted octanol–water partition coefficient (Wildman–Crippen LogP) is 4.01. The molecule has 0 N–H and O–H groups in total. The summed E-state index contributed by atoms with van der Waals surface area (Å²) in [6, 6.07) is 10.5. The summed E-state index contributed by atoms with van der Waals surface area (Å²) < 4.78 is 8.43. The lowest BCUT2D eigenvalue weighted by Gasteiger charge is -2.57. The Balaban J connectivity index is 1.53. The van der Waals surface area contributed by atoms with E-state index in [9.17, 15) is 0 Å². The number of piperidine rings is 1. The molecule has 0 spiro atoms. The minimum Gasteiger partial charge on any atom is -0.379 e. The van der Waals surface area contributed by atoms with Crippen molar-refractivity contribution < 1.29 is 4.74 Å². The van der Waals surface area contributed by atoms with Crippen molar-refractivity contribution in [1.82, 2.24) is 14.4 Å². The molecule has 4 aliphatic heterocycles. The van der Waals surface area contributed by atoms with Crippen LogP contribution in [0.1, 0.15) is 55.9 Å². The van der Waals surface area contributed by atoms with Crippen LogP contribution >= 0.6 is 0 Å². The van der Waals surface area contributed by atoms with Gasteiger partial charge in [0.1, 0.15) is 0 Å². The highest BCUT2D eigenvalue weighted by Gasteiger charge is 2.53. The molecule has 4 nitrogen and oxygen atoms in total. The van der Waals surface area contributed by atoms with Crippen molar-refractivity contribution in [2.45, 2.75) is 51.1 Å². The second-order valence-electron chi connectivity index (χ2n) is 9.53. The Morgan fingerprint density at radius 1 is 1.11 bits per heavy atom. The van der Waals surface area contributed by atoms with Gasteiger partial charge in [-0.15, -0.1) is 0 Å². The van der Waals surface area contributed by atoms with Crippen LogP contribution in [-0.4, -0.2) is 60.3 Å². The van der Waals surface area contributed by atoms with Crippen molar-refractivity contribution in [3.05, 3.63) is 35.5 Å². The third kappa shape index (κ3) is 2.41. The fourth-order valence-electron chi connectivity index (χ4n) is 7.07. The van der Waals surface area contributed by atoms with Crippen molar-refractivity contribution >= 4 is 10.9 Å². The predicted molar refractivity (Wildman–Crippen MR) is 113 cm³/mol. The maximum atomic E-state index is 5.63. The Kier molecular flexibility index (Phi) is 4.11. The molecule has 0 aliphatic carbocycles. The number of hydrogen-bond acceptors (Lipinski definition) is 3. The fraction of sp³-hybridized carbons (Fsp3) is 0.667. The van der Waals surface area contributed by atoms with Gasteiger partial charge in [0.2, 0.25) is 0 Å². The molecular formula is C24H33N3O. The molecule has 150 valence electrons. The van der Waals surface area contributed by atoms with Crippen molar-refractivity contribution in [2.24, 2.45) is 5.41 Å². The van der Waals surface area contributed by atoms with Crippen molar-refractivity contribution in [3.63, 3.8) is 0 Å². The normalized spacial score (nSPS) is 33.2. The van der Waals surface area contributed by atoms with Crippen LogP contribution in [0.5, 0.6) is 0 Å². The number of para-hydroxylation sites is 1. The van der Waals surface area contributed by atoms with E-state index in [1.54, 1.807) is 11.3 Å². The van der Waals surface area contributed by atoms with Gasteiger partial charge in [-0.2, -0.15) is 0 Å². The molecule has 2 aromatic rings. The van der Waals surface area contributed by atoms with Crippen LogP contribution in [0, 0.1) is 5.41 Å². The minimum atomic E-state index is 0.467. The first kappa shape index (κ1) is 17.5. The number of fused-ring (bicyclic) bond motifs is 3. The maximum Gasteiger partial charge on any atom is 0.0594 e. The zero-order valence-corrected chi connectivity index (χ0v) is 17.2. The molecule has 0 amide bonds. The van der Waals surface area contributed by atoms with Gasteiger partial charge >= 0.3 is 0 Å². The molecule has 0 bridgehead atoms. The standard InChI is InChI=1S/C24H33N3O/c1-2-24-9-5-10-26-11-8-20-19-6-3-4-7-21(19)27(22(20)23(24)26)18(16-24)17-25-12-14-28-15-13-25/h3-4,6-7,18,23H,2,5,8-17H2,1H3/t18?,23-,24+/m1/s1. The lowest BCUT2D eigenvalue weighted by atomic mass is 9.63. The maximum absolute atomic E-state index is 5.63. The first-order valence-electron chi connectivity index (χ1n) is 11.5. The highest BCUT2D eigenvalue weighted by Crippen LogP contribution is 2.59. The smallest absolute Gasteiger partial charge is 0.0594 e. The van der Waals surface area contributed by atoms with Crippen molar-refractivity contribution in [3.8, 4) is 0 Å². The van der Waals surface area contributed by atoms with Gasteiger partial charge in [-0.3, -0.25) is 9.80 Å². The van der Waals surface area contributed by atoms with Crippen LogP contribution in [-0.2, 0) is 11.2 Å². The monoisotopic (exact) mass is 379 g/mol. The van der Waals surface area contributed by atoms with Gasteiger partial charge in [-0.1, -0.05) is 25.1 Å². The van der Waals surface area contributed by atoms with Gasteiger partial charge in [0, 0.05) is 48.8 Å². The van der Waals surface area contributed by atoms with Crippen LogP contribution in [0.15, 0.2) is 24.3 Å². The van der Waals surface area contributed by atoms with E-state index in [2.05, 4.69) is 45.6 Å². The first-order valence-corrected chi connectivity index (χ1v) is 11.5. The van der Waals surface area contributed by atoms with Crippen molar-refractivity contribution in [2.75, 3.05) is 45.9 Å². The lowest BCUT2D eigenvalue weighted by molar-refractivity contribution is -0.0441. The molecular weight excluding hydrogens is 346 g/mol. The van der Waals surface area contributed by atoms with E-state index in [4.69, 9.17) is 4.74 Å². The van der Waals surface area contributed by atoms with Gasteiger partial charge in [-0.25, -0.2) is 0 Å². The largest absolute Gasteiger partial charge is 0.379 e. The molecule has 1 aromatic heterocycles. The lowest BCUT2D eigenvalue weighted by Crippen LogP contribution is -2.54. The third-order valence-corrected chi connectivity index (χ3v) is 8.31. The Morgan fingerprint density at radius 3 is 2.82 bits per heavy atom. The summed E-state index contributed by atoms with van der Waals surface area (Å²) in [5.41, 5.74) is 5.32. The van der Waals surface area contributed by atoms with Gasteiger partial charge in [0.25, 0.3) is 0 Å². The number of aromatic nitrogens is 1. The van der Waals surface area contributed by atoms with Crippen LogP contribution in [0.3, 0.4) is 0 Å². The van der Waals surface area contributed by atoms with E-state index in [0.717, 1.165) is 26.3 Å². The molecule has 0 radical (unpaired) electrons. The van der Waals surface area contributed by atoms with Gasteiger partial charge in [0.05, 0.1) is 19.3 Å². The SMILES string of the molecule is CC[C@]12CCCN3CCc4c(n(c5ccccc45)C(CN4CCOCC4)C1)[C@@H]32. The topological polar surface area (TPSA) is 20.6 Å². The Hall–Kier alpha value is -1.36. The van der Waals surface area contributed by atoms with E-state index < -0.39 is 0 Å². The number of rotatable bonds is 3. The summed E-state index contributed by atoms with van der Waals surface area (Å²) in [4.78, 5) is 5.50. The molecule has 28 heavy (non-hydrogen) atoms. The number of nitrogens with zero attached hydrogens (tertiary/aromatic N) is 3. The third-order valence-electron chi connectivity index (χ3n) is 8.31. The molecule has 6 rings (SSSR count). The second kappa shape index (κ2) is 6.58. The molecule has 0 saturated carbocycles. The second-order valence-corrected chi connectivity index (χ2v) is 9.53. The van der Waals surface area contributed by atoms with Crippen LogP contribution < -0.4 is 0 Å². The molecule has 1 unspecified atom stereocenters. The Labute approximate surface area is 168 Å². The summed E-state index contributed by atoms with van der Waals surface area (Å²) in [6.45, 7) is 10.2. The number of benzene rings is 1. The van der Waals surface area contributed by atoms with E-state index in [1.807, 2.05) is 0 Å². The van der Waals surface area contributed by atoms with E-state index >= 15 is 0 Å². The van der Waals surface area contributed by atoms with Gasteiger partial charge in [-0.05, 0) is 55.7 Å². The van der Waals surface area contributed by atoms with Crippen LogP contribution in [0.2, 0.25) is 0 Å². The molecule has 4 heteroatoms. The summed E-state index contributed by atoms with van der Waals surface area (Å²) in [7, 11) is 0. The molecule has 2 fully saturated rings. The average molecular weight is 380 g/mol. The number of hydrogen-bond donors (Lipinski definition) is 0. The summed E-state index contributed by atoms with van der Waals surface area (Å²) in [5.74, 6) is 0. The number of ether oxygens (including phenoxy) is 1. The first-order chi connectivity index (χ1) is 13.8. The minimum absolute atomic E-state index is 0.467. The fourth-order valence-corrected chi connectivity index (χ4v) is 7.07. The van der Waals surface area contributed by atoms with E-state index in [0.29, 0.717) is 17.5 Å². The summed E-state index contributed by atoms with van der Waals surface area (Å²) in [6.07, 6.45) is 6.67. The van der Waals surface area contributed by atoms with E-state index in [1.165, 1.54) is 62.6 Å². The summed E-state index contributed by atoms with van der Waals surface area (Å²) in [5, 5.41) is 1.53.